The predicted octanol–water partition coefficient (Wildman–Crippen LogP) is 3.25. The van der Waals surface area contributed by atoms with Gasteiger partial charge in [-0.25, -0.2) is 4.79 Å². The van der Waals surface area contributed by atoms with E-state index in [1.165, 1.54) is 0 Å². The molecule has 0 aliphatic rings. The fraction of sp³-hybridized carbons (Fsp3) is 0.263. The van der Waals surface area contributed by atoms with Crippen LogP contribution in [0.4, 0.5) is 10.5 Å². The van der Waals surface area contributed by atoms with Gasteiger partial charge in [-0.05, 0) is 43.7 Å². The monoisotopic (exact) mass is 370 g/mol. The quantitative estimate of drug-likeness (QED) is 0.690. The molecule has 3 aromatic rings. The van der Waals surface area contributed by atoms with E-state index in [2.05, 4.69) is 10.4 Å². The van der Waals surface area contributed by atoms with Crippen molar-refractivity contribution >= 4 is 11.8 Å². The van der Waals surface area contributed by atoms with Gasteiger partial charge >= 0.3 is 6.09 Å². The van der Waals surface area contributed by atoms with Crippen LogP contribution in [-0.2, 0) is 7.05 Å². The minimum absolute atomic E-state index is 0.150. The smallest absolute Gasteiger partial charge is 0.419 e. The predicted molar refractivity (Wildman–Crippen MR) is 101 cm³/mol. The van der Waals surface area contributed by atoms with Crippen molar-refractivity contribution in [3.8, 4) is 23.0 Å². The van der Waals surface area contributed by atoms with Gasteiger partial charge in [0, 0.05) is 37.1 Å². The van der Waals surface area contributed by atoms with Crippen molar-refractivity contribution < 1.29 is 18.7 Å². The molecule has 8 heteroatoms. The fourth-order valence-electron chi connectivity index (χ4n) is 2.57. The van der Waals surface area contributed by atoms with Crippen molar-refractivity contribution in [2.45, 2.75) is 13.8 Å². The summed E-state index contributed by atoms with van der Waals surface area (Å²) in [4.78, 5) is 12.2. The molecule has 0 unspecified atom stereocenters. The summed E-state index contributed by atoms with van der Waals surface area (Å²) in [7, 11) is 1.83. The number of rotatable bonds is 6. The Morgan fingerprint density at radius 1 is 1.30 bits per heavy atom. The third-order valence-corrected chi connectivity index (χ3v) is 4.03. The van der Waals surface area contributed by atoms with Crippen LogP contribution in [0.25, 0.3) is 11.3 Å². The van der Waals surface area contributed by atoms with Crippen LogP contribution in [0.5, 0.6) is 11.7 Å². The largest absolute Gasteiger partial charge is 0.492 e. The van der Waals surface area contributed by atoms with E-state index in [4.69, 9.17) is 19.6 Å². The molecule has 2 heterocycles. The summed E-state index contributed by atoms with van der Waals surface area (Å²) in [5.74, 6) is 1.51. The molecule has 0 bridgehead atoms. The van der Waals surface area contributed by atoms with Gasteiger partial charge < -0.3 is 19.6 Å². The number of nitrogens with zero attached hydrogens (tertiary/aromatic N) is 2. The van der Waals surface area contributed by atoms with E-state index in [1.807, 2.05) is 20.0 Å². The number of nitrogens with one attached hydrogen (secondary N) is 1. The highest BCUT2D eigenvalue weighted by atomic mass is 16.6. The van der Waals surface area contributed by atoms with Gasteiger partial charge in [-0.3, -0.25) is 10.00 Å². The summed E-state index contributed by atoms with van der Waals surface area (Å²) in [6, 6.07) is 8.82. The Morgan fingerprint density at radius 2 is 2.11 bits per heavy atom. The number of furan rings is 1. The van der Waals surface area contributed by atoms with E-state index in [1.54, 1.807) is 42.1 Å². The second-order valence-electron chi connectivity index (χ2n) is 6.01. The summed E-state index contributed by atoms with van der Waals surface area (Å²) in [5, 5.41) is 6.88. The summed E-state index contributed by atoms with van der Waals surface area (Å²) in [6.45, 7) is 4.47. The second kappa shape index (κ2) is 7.96. The van der Waals surface area contributed by atoms with Gasteiger partial charge in [0.2, 0.25) is 0 Å². The van der Waals surface area contributed by atoms with Crippen LogP contribution < -0.4 is 20.5 Å². The number of hydrogen-bond donors (Lipinski definition) is 2. The van der Waals surface area contributed by atoms with Gasteiger partial charge in [-0.15, -0.1) is 0 Å². The lowest BCUT2D eigenvalue weighted by molar-refractivity contribution is 0.201. The lowest BCUT2D eigenvalue weighted by atomic mass is 10.1. The summed E-state index contributed by atoms with van der Waals surface area (Å²) < 4.78 is 18.0. The van der Waals surface area contributed by atoms with Crippen LogP contribution in [-0.4, -0.2) is 29.0 Å². The highest BCUT2D eigenvalue weighted by Crippen LogP contribution is 2.32. The van der Waals surface area contributed by atoms with Crippen molar-refractivity contribution in [3.63, 3.8) is 0 Å². The molecule has 0 saturated carbocycles. The van der Waals surface area contributed by atoms with Gasteiger partial charge in [0.1, 0.15) is 18.1 Å². The molecule has 0 radical (unpaired) electrons. The first-order valence-corrected chi connectivity index (χ1v) is 8.49. The maximum atomic E-state index is 12.2. The Hall–Kier alpha value is -3.26. The van der Waals surface area contributed by atoms with Crippen molar-refractivity contribution in [1.29, 1.82) is 0 Å². The maximum Gasteiger partial charge on any atom is 0.419 e. The molecule has 8 nitrogen and oxygen atoms in total. The molecule has 0 aliphatic heterocycles. The first-order chi connectivity index (χ1) is 13.0. The Kier molecular flexibility index (Phi) is 5.46. The highest BCUT2D eigenvalue weighted by Gasteiger charge is 2.14. The number of ether oxygens (including phenoxy) is 2. The van der Waals surface area contributed by atoms with Crippen LogP contribution in [0.1, 0.15) is 11.3 Å². The second-order valence-corrected chi connectivity index (χ2v) is 6.01. The Labute approximate surface area is 156 Å². The van der Waals surface area contributed by atoms with E-state index in [0.717, 1.165) is 16.8 Å². The molecule has 3 N–H and O–H groups in total. The molecule has 142 valence electrons. The van der Waals surface area contributed by atoms with Crippen molar-refractivity contribution in [1.82, 2.24) is 9.78 Å². The Balaban J connectivity index is 1.81. The van der Waals surface area contributed by atoms with Crippen molar-refractivity contribution in [2.75, 3.05) is 18.5 Å². The number of amides is 1. The van der Waals surface area contributed by atoms with E-state index in [-0.39, 0.29) is 5.95 Å². The maximum absolute atomic E-state index is 12.2. The van der Waals surface area contributed by atoms with E-state index in [0.29, 0.717) is 30.3 Å². The number of aromatic nitrogens is 2. The SMILES string of the molecule is Cc1cc(OC(=O)Nc2ccc(OCCN)c(-c3ccnn3C)c2)oc1C. The van der Waals surface area contributed by atoms with Crippen LogP contribution in [0, 0.1) is 13.8 Å². The van der Waals surface area contributed by atoms with Gasteiger partial charge in [-0.1, -0.05) is 0 Å². The van der Waals surface area contributed by atoms with Crippen LogP contribution in [0.3, 0.4) is 0 Å². The standard InChI is InChI=1S/C19H22N4O4/c1-12-10-18(26-13(12)2)27-19(24)22-14-4-5-17(25-9-7-20)15(11-14)16-6-8-21-23(16)3/h4-6,8,10-11H,7,9,20H2,1-3H3,(H,22,24). The normalized spacial score (nSPS) is 10.7. The van der Waals surface area contributed by atoms with E-state index >= 15 is 0 Å². The van der Waals surface area contributed by atoms with Gasteiger partial charge in [0.25, 0.3) is 5.95 Å². The van der Waals surface area contributed by atoms with E-state index in [9.17, 15) is 4.79 Å². The average Bonchev–Trinajstić information content (AvgIpc) is 3.18. The molecule has 2 aromatic heterocycles. The van der Waals surface area contributed by atoms with Crippen LogP contribution >= 0.6 is 0 Å². The highest BCUT2D eigenvalue weighted by molar-refractivity contribution is 5.87. The number of carbonyl (C=O) groups excluding carboxylic acids is 1. The average molecular weight is 370 g/mol. The van der Waals surface area contributed by atoms with Gasteiger partial charge in [0.05, 0.1) is 5.69 Å². The lowest BCUT2D eigenvalue weighted by Gasteiger charge is -2.13. The molecule has 0 saturated heterocycles. The minimum atomic E-state index is -0.643. The third kappa shape index (κ3) is 4.29. The molecule has 0 fully saturated rings. The number of carbonyl (C=O) groups is 1. The first-order valence-electron chi connectivity index (χ1n) is 8.49. The lowest BCUT2D eigenvalue weighted by Crippen LogP contribution is -2.16. The number of hydrogen-bond acceptors (Lipinski definition) is 6. The van der Waals surface area contributed by atoms with E-state index < -0.39 is 6.09 Å². The summed E-state index contributed by atoms with van der Waals surface area (Å²) in [6.07, 6.45) is 1.05. The van der Waals surface area contributed by atoms with Gasteiger partial charge in [0.15, 0.2) is 0 Å². The van der Waals surface area contributed by atoms with Crippen molar-refractivity contribution in [3.05, 3.63) is 47.9 Å². The Morgan fingerprint density at radius 3 is 2.74 bits per heavy atom. The number of anilines is 1. The van der Waals surface area contributed by atoms with Crippen LogP contribution in [0.15, 0.2) is 40.9 Å². The minimum Gasteiger partial charge on any atom is -0.492 e. The number of aryl methyl sites for hydroxylation is 3. The summed E-state index contributed by atoms with van der Waals surface area (Å²) >= 11 is 0. The molecule has 0 aliphatic carbocycles. The zero-order chi connectivity index (χ0) is 19.4. The molecule has 1 amide bonds. The first kappa shape index (κ1) is 18.5. The molecule has 3 rings (SSSR count). The van der Waals surface area contributed by atoms with Crippen molar-refractivity contribution in [2.24, 2.45) is 12.8 Å². The number of nitrogens with two attached hydrogens (primary N) is 1. The molecular weight excluding hydrogens is 348 g/mol. The Bertz CT molecular complexity index is 926. The fourth-order valence-corrected chi connectivity index (χ4v) is 2.57. The zero-order valence-electron chi connectivity index (χ0n) is 15.5. The van der Waals surface area contributed by atoms with Crippen LogP contribution in [0.2, 0.25) is 0 Å². The molecule has 0 spiro atoms. The molecule has 1 aromatic carbocycles. The molecule has 27 heavy (non-hydrogen) atoms. The third-order valence-electron chi connectivity index (χ3n) is 4.03. The topological polar surface area (TPSA) is 105 Å². The summed E-state index contributed by atoms with van der Waals surface area (Å²) in [5.41, 5.74) is 8.63. The molecular formula is C19H22N4O4. The van der Waals surface area contributed by atoms with Gasteiger partial charge in [-0.2, -0.15) is 5.10 Å². The molecule has 0 atom stereocenters. The zero-order valence-corrected chi connectivity index (χ0v) is 15.5. The number of benzene rings is 1.